The van der Waals surface area contributed by atoms with Crippen LogP contribution in [0.2, 0.25) is 0 Å². The molecule has 0 spiro atoms. The molecule has 23 heavy (non-hydrogen) atoms. The molecule has 6 heteroatoms. The van der Waals surface area contributed by atoms with E-state index in [-0.39, 0.29) is 12.3 Å². The van der Waals surface area contributed by atoms with E-state index >= 15 is 0 Å². The zero-order valence-electron chi connectivity index (χ0n) is 13.0. The van der Waals surface area contributed by atoms with E-state index in [1.165, 1.54) is 0 Å². The number of carbonyl (C=O) groups is 2. The van der Waals surface area contributed by atoms with Gasteiger partial charge in [-0.05, 0) is 43.9 Å². The topological polar surface area (TPSA) is 79.3 Å². The molecule has 1 aromatic carbocycles. The van der Waals surface area contributed by atoms with Crippen molar-refractivity contribution in [3.05, 3.63) is 45.9 Å². The average molecular weight is 332 g/mol. The first kappa shape index (κ1) is 17.1. The molecule has 0 aliphatic rings. The van der Waals surface area contributed by atoms with Gasteiger partial charge in [0, 0.05) is 23.9 Å². The van der Waals surface area contributed by atoms with Crippen molar-refractivity contribution in [3.8, 4) is 0 Å². The summed E-state index contributed by atoms with van der Waals surface area (Å²) in [5.41, 5.74) is 2.65. The van der Waals surface area contributed by atoms with E-state index in [0.717, 1.165) is 29.1 Å². The first-order valence-electron chi connectivity index (χ1n) is 7.54. The van der Waals surface area contributed by atoms with Gasteiger partial charge in [-0.2, -0.15) is 0 Å². The molecule has 0 radical (unpaired) electrons. The van der Waals surface area contributed by atoms with Gasteiger partial charge in [-0.3, -0.25) is 9.59 Å². The Hall–Kier alpha value is -2.21. The van der Waals surface area contributed by atoms with Crippen LogP contribution in [-0.2, 0) is 22.4 Å². The number of nitrogens with one attached hydrogen (secondary N) is 1. The van der Waals surface area contributed by atoms with E-state index in [1.54, 1.807) is 11.3 Å². The summed E-state index contributed by atoms with van der Waals surface area (Å²) in [5, 5.41) is 14.6. The predicted octanol–water partition coefficient (Wildman–Crippen LogP) is 3.43. The van der Waals surface area contributed by atoms with Gasteiger partial charge in [-0.25, -0.2) is 4.98 Å². The van der Waals surface area contributed by atoms with Crippen LogP contribution in [-0.4, -0.2) is 22.0 Å². The van der Waals surface area contributed by atoms with E-state index in [2.05, 4.69) is 10.3 Å². The number of aromatic nitrogens is 1. The highest BCUT2D eigenvalue weighted by molar-refractivity contribution is 7.09. The van der Waals surface area contributed by atoms with Gasteiger partial charge in [-0.15, -0.1) is 11.3 Å². The fourth-order valence-electron chi connectivity index (χ4n) is 2.23. The van der Waals surface area contributed by atoms with Crippen molar-refractivity contribution in [2.75, 3.05) is 5.32 Å². The third kappa shape index (κ3) is 6.20. The Morgan fingerprint density at radius 1 is 1.26 bits per heavy atom. The smallest absolute Gasteiger partial charge is 0.303 e. The van der Waals surface area contributed by atoms with Crippen LogP contribution in [0, 0.1) is 6.92 Å². The molecular weight excluding hydrogens is 312 g/mol. The maximum Gasteiger partial charge on any atom is 0.303 e. The fourth-order valence-corrected chi connectivity index (χ4v) is 2.88. The number of rotatable bonds is 8. The lowest BCUT2D eigenvalue weighted by Crippen LogP contribution is -2.11. The van der Waals surface area contributed by atoms with Gasteiger partial charge in [0.2, 0.25) is 5.91 Å². The van der Waals surface area contributed by atoms with Crippen molar-refractivity contribution in [3.63, 3.8) is 0 Å². The molecule has 1 amide bonds. The minimum Gasteiger partial charge on any atom is -0.481 e. The van der Waals surface area contributed by atoms with Crippen LogP contribution < -0.4 is 5.32 Å². The van der Waals surface area contributed by atoms with Gasteiger partial charge in [0.1, 0.15) is 0 Å². The zero-order chi connectivity index (χ0) is 16.7. The summed E-state index contributed by atoms with van der Waals surface area (Å²) >= 11 is 1.62. The maximum absolute atomic E-state index is 12.0. The van der Waals surface area contributed by atoms with Gasteiger partial charge in [0.05, 0.1) is 10.7 Å². The monoisotopic (exact) mass is 332 g/mol. The summed E-state index contributed by atoms with van der Waals surface area (Å²) in [7, 11) is 0. The highest BCUT2D eigenvalue weighted by Gasteiger charge is 2.06. The van der Waals surface area contributed by atoms with Crippen LogP contribution in [0.4, 0.5) is 5.69 Å². The molecule has 122 valence electrons. The van der Waals surface area contributed by atoms with Gasteiger partial charge < -0.3 is 10.4 Å². The summed E-state index contributed by atoms with van der Waals surface area (Å²) in [6.45, 7) is 1.97. The number of aliphatic carboxylic acids is 1. The second kappa shape index (κ2) is 8.43. The molecule has 1 heterocycles. The number of thiazole rings is 1. The summed E-state index contributed by atoms with van der Waals surface area (Å²) in [6, 6.07) is 7.32. The molecule has 0 saturated heterocycles. The third-order valence-corrected chi connectivity index (χ3v) is 4.16. The van der Waals surface area contributed by atoms with Gasteiger partial charge in [0.15, 0.2) is 0 Å². The molecule has 0 atom stereocenters. The Bertz CT molecular complexity index is 682. The Morgan fingerprint density at radius 3 is 2.78 bits per heavy atom. The highest BCUT2D eigenvalue weighted by atomic mass is 32.1. The SMILES string of the molecule is Cc1nc(CCCC(=O)Nc2cccc(CCC(=O)O)c2)cs1. The molecule has 0 aliphatic heterocycles. The first-order chi connectivity index (χ1) is 11.0. The Labute approximate surface area is 139 Å². The number of benzene rings is 1. The number of anilines is 1. The fraction of sp³-hybridized carbons (Fsp3) is 0.353. The highest BCUT2D eigenvalue weighted by Crippen LogP contribution is 2.14. The van der Waals surface area contributed by atoms with E-state index in [0.29, 0.717) is 18.5 Å². The number of carbonyl (C=O) groups excluding carboxylic acids is 1. The quantitative estimate of drug-likeness (QED) is 0.776. The van der Waals surface area contributed by atoms with E-state index < -0.39 is 5.97 Å². The number of hydrogen-bond acceptors (Lipinski definition) is 4. The second-order valence-corrected chi connectivity index (χ2v) is 6.42. The summed E-state index contributed by atoms with van der Waals surface area (Å²) in [6.07, 6.45) is 2.55. The largest absolute Gasteiger partial charge is 0.481 e. The molecule has 1 aromatic heterocycles. The van der Waals surface area contributed by atoms with Crippen LogP contribution in [0.5, 0.6) is 0 Å². The number of hydrogen-bond donors (Lipinski definition) is 2. The molecule has 0 unspecified atom stereocenters. The van der Waals surface area contributed by atoms with Crippen molar-refractivity contribution < 1.29 is 14.7 Å². The molecule has 2 rings (SSSR count). The Kier molecular flexibility index (Phi) is 6.29. The van der Waals surface area contributed by atoms with E-state index in [1.807, 2.05) is 36.6 Å². The number of aryl methyl sites for hydroxylation is 3. The number of amides is 1. The summed E-state index contributed by atoms with van der Waals surface area (Å²) in [4.78, 5) is 26.9. The van der Waals surface area contributed by atoms with Crippen LogP contribution in [0.3, 0.4) is 0 Å². The minimum atomic E-state index is -0.822. The number of carboxylic acid groups (broad SMARTS) is 1. The van der Waals surface area contributed by atoms with Crippen molar-refractivity contribution >= 4 is 28.9 Å². The first-order valence-corrected chi connectivity index (χ1v) is 8.42. The molecule has 2 aromatic rings. The van der Waals surface area contributed by atoms with Gasteiger partial charge in [-0.1, -0.05) is 12.1 Å². The van der Waals surface area contributed by atoms with E-state index in [9.17, 15) is 9.59 Å². The van der Waals surface area contributed by atoms with Crippen LogP contribution in [0.1, 0.15) is 35.5 Å². The van der Waals surface area contributed by atoms with Gasteiger partial charge in [0.25, 0.3) is 0 Å². The number of carboxylic acids is 1. The lowest BCUT2D eigenvalue weighted by Gasteiger charge is -2.07. The van der Waals surface area contributed by atoms with Crippen LogP contribution >= 0.6 is 11.3 Å². The Balaban J connectivity index is 1.78. The molecule has 5 nitrogen and oxygen atoms in total. The third-order valence-electron chi connectivity index (χ3n) is 3.34. The minimum absolute atomic E-state index is 0.0349. The molecule has 0 aliphatic carbocycles. The Morgan fingerprint density at radius 2 is 2.09 bits per heavy atom. The normalized spacial score (nSPS) is 10.5. The summed E-state index contributed by atoms with van der Waals surface area (Å²) < 4.78 is 0. The van der Waals surface area contributed by atoms with Crippen LogP contribution in [0.15, 0.2) is 29.6 Å². The van der Waals surface area contributed by atoms with Crippen molar-refractivity contribution in [2.24, 2.45) is 0 Å². The predicted molar refractivity (Wildman–Crippen MR) is 90.8 cm³/mol. The molecule has 2 N–H and O–H groups in total. The molecule has 0 saturated carbocycles. The second-order valence-electron chi connectivity index (χ2n) is 5.35. The number of nitrogens with zero attached hydrogens (tertiary/aromatic N) is 1. The molecule has 0 fully saturated rings. The van der Waals surface area contributed by atoms with Crippen molar-refractivity contribution in [1.82, 2.24) is 4.98 Å². The van der Waals surface area contributed by atoms with E-state index in [4.69, 9.17) is 5.11 Å². The van der Waals surface area contributed by atoms with Gasteiger partial charge >= 0.3 is 5.97 Å². The lowest BCUT2D eigenvalue weighted by molar-refractivity contribution is -0.137. The lowest BCUT2D eigenvalue weighted by atomic mass is 10.1. The van der Waals surface area contributed by atoms with Crippen LogP contribution in [0.25, 0.3) is 0 Å². The van der Waals surface area contributed by atoms with Crippen molar-refractivity contribution in [1.29, 1.82) is 0 Å². The van der Waals surface area contributed by atoms with Crippen molar-refractivity contribution in [2.45, 2.75) is 39.0 Å². The standard InChI is InChI=1S/C17H20N2O3S/c1-12-18-15(11-23-12)6-3-7-16(20)19-14-5-2-4-13(10-14)8-9-17(21)22/h2,4-5,10-11H,3,6-9H2,1H3,(H,19,20)(H,21,22). The zero-order valence-corrected chi connectivity index (χ0v) is 13.9. The summed E-state index contributed by atoms with van der Waals surface area (Å²) in [5.74, 6) is -0.857. The average Bonchev–Trinajstić information content (AvgIpc) is 2.91. The molecule has 0 bridgehead atoms. The maximum atomic E-state index is 12.0. The molecular formula is C17H20N2O3S.